The van der Waals surface area contributed by atoms with E-state index in [1.807, 2.05) is 18.2 Å². The molecule has 0 radical (unpaired) electrons. The molecule has 6 nitrogen and oxygen atoms in total. The molecule has 1 aliphatic rings. The Hall–Kier alpha value is -3.28. The molecule has 1 N–H and O–H groups in total. The number of benzene rings is 2. The van der Waals surface area contributed by atoms with Crippen LogP contribution in [0.5, 0.6) is 5.75 Å². The van der Waals surface area contributed by atoms with Crippen LogP contribution < -0.4 is 19.9 Å². The monoisotopic (exact) mass is 389 g/mol. The van der Waals surface area contributed by atoms with Gasteiger partial charge in [0.2, 0.25) is 0 Å². The van der Waals surface area contributed by atoms with Crippen LogP contribution in [0.25, 0.3) is 0 Å². The van der Waals surface area contributed by atoms with Gasteiger partial charge in [-0.25, -0.2) is 9.97 Å². The van der Waals surface area contributed by atoms with E-state index in [0.29, 0.717) is 0 Å². The summed E-state index contributed by atoms with van der Waals surface area (Å²) in [7, 11) is 1.69. The molecule has 2 aromatic carbocycles. The number of rotatable bonds is 6. The van der Waals surface area contributed by atoms with Gasteiger partial charge in [0.25, 0.3) is 0 Å². The maximum Gasteiger partial charge on any atom is 0.134 e. The number of methoxy groups -OCH3 is 1. The van der Waals surface area contributed by atoms with E-state index >= 15 is 0 Å². The van der Waals surface area contributed by atoms with E-state index in [2.05, 4.69) is 68.4 Å². The largest absolute Gasteiger partial charge is 0.497 e. The van der Waals surface area contributed by atoms with Gasteiger partial charge >= 0.3 is 0 Å². The zero-order chi connectivity index (χ0) is 20.1. The fourth-order valence-corrected chi connectivity index (χ4v) is 3.50. The van der Waals surface area contributed by atoms with Gasteiger partial charge in [-0.2, -0.15) is 0 Å². The van der Waals surface area contributed by atoms with E-state index in [4.69, 9.17) is 4.74 Å². The molecule has 0 bridgehead atoms. The van der Waals surface area contributed by atoms with Gasteiger partial charge in [-0.3, -0.25) is 0 Å². The summed E-state index contributed by atoms with van der Waals surface area (Å²) >= 11 is 0. The van der Waals surface area contributed by atoms with Gasteiger partial charge in [0.1, 0.15) is 23.7 Å². The zero-order valence-corrected chi connectivity index (χ0v) is 17.0. The molecule has 0 saturated carbocycles. The number of nitrogens with zero attached hydrogens (tertiary/aromatic N) is 4. The lowest BCUT2D eigenvalue weighted by Crippen LogP contribution is -2.46. The minimum absolute atomic E-state index is 0.752. The molecule has 0 atom stereocenters. The van der Waals surface area contributed by atoms with Crippen LogP contribution in [-0.2, 0) is 6.54 Å². The van der Waals surface area contributed by atoms with Crippen molar-refractivity contribution in [2.24, 2.45) is 0 Å². The molecule has 1 aromatic heterocycles. The minimum Gasteiger partial charge on any atom is -0.497 e. The van der Waals surface area contributed by atoms with Gasteiger partial charge < -0.3 is 19.9 Å². The summed E-state index contributed by atoms with van der Waals surface area (Å²) in [5.41, 5.74) is 3.74. The molecule has 0 aliphatic carbocycles. The van der Waals surface area contributed by atoms with Crippen LogP contribution in [0.1, 0.15) is 11.1 Å². The van der Waals surface area contributed by atoms with Crippen LogP contribution in [-0.4, -0.2) is 43.3 Å². The van der Waals surface area contributed by atoms with Crippen LogP contribution in [0.3, 0.4) is 0 Å². The number of hydrogen-bond acceptors (Lipinski definition) is 6. The first-order valence-corrected chi connectivity index (χ1v) is 9.97. The van der Waals surface area contributed by atoms with E-state index in [-0.39, 0.29) is 0 Å². The normalized spacial score (nSPS) is 14.0. The van der Waals surface area contributed by atoms with Crippen molar-refractivity contribution in [1.29, 1.82) is 0 Å². The third-order valence-corrected chi connectivity index (χ3v) is 5.29. The van der Waals surface area contributed by atoms with E-state index in [1.54, 1.807) is 13.4 Å². The Balaban J connectivity index is 1.34. The first kappa shape index (κ1) is 19.1. The SMILES string of the molecule is COc1ccc(N2CCN(c3cc(NCc4ccc(C)cc4)ncn3)CC2)cc1. The fourth-order valence-electron chi connectivity index (χ4n) is 3.50. The van der Waals surface area contributed by atoms with Crippen LogP contribution >= 0.6 is 0 Å². The Kier molecular flexibility index (Phi) is 5.79. The van der Waals surface area contributed by atoms with E-state index in [9.17, 15) is 0 Å². The molecule has 4 rings (SSSR count). The number of aryl methyl sites for hydroxylation is 1. The van der Waals surface area contributed by atoms with Crippen molar-refractivity contribution in [3.8, 4) is 5.75 Å². The molecule has 0 spiro atoms. The highest BCUT2D eigenvalue weighted by atomic mass is 16.5. The Morgan fingerprint density at radius 1 is 0.897 bits per heavy atom. The Labute approximate surface area is 172 Å². The molecule has 150 valence electrons. The maximum absolute atomic E-state index is 5.25. The van der Waals surface area contributed by atoms with Crippen molar-refractivity contribution < 1.29 is 4.74 Å². The number of nitrogens with one attached hydrogen (secondary N) is 1. The summed E-state index contributed by atoms with van der Waals surface area (Å²) in [6, 6.07) is 18.8. The maximum atomic E-state index is 5.25. The topological polar surface area (TPSA) is 53.5 Å². The zero-order valence-electron chi connectivity index (χ0n) is 17.0. The van der Waals surface area contributed by atoms with Gasteiger partial charge in [0.05, 0.1) is 7.11 Å². The van der Waals surface area contributed by atoms with Crippen LogP contribution in [0.2, 0.25) is 0 Å². The van der Waals surface area contributed by atoms with Crippen LogP contribution in [0.15, 0.2) is 60.9 Å². The Morgan fingerprint density at radius 3 is 2.28 bits per heavy atom. The quantitative estimate of drug-likeness (QED) is 0.693. The molecule has 2 heterocycles. The van der Waals surface area contributed by atoms with E-state index < -0.39 is 0 Å². The highest BCUT2D eigenvalue weighted by Gasteiger charge is 2.18. The smallest absolute Gasteiger partial charge is 0.134 e. The highest BCUT2D eigenvalue weighted by molar-refractivity contribution is 5.53. The standard InChI is InChI=1S/C23H27N5O/c1-18-3-5-19(6-4-18)16-24-22-15-23(26-17-25-22)28-13-11-27(12-14-28)20-7-9-21(29-2)10-8-20/h3-10,15,17H,11-14,16H2,1-2H3,(H,24,25,26). The summed E-state index contributed by atoms with van der Waals surface area (Å²) in [6.45, 7) is 6.64. The third kappa shape index (κ3) is 4.77. The Morgan fingerprint density at radius 2 is 1.59 bits per heavy atom. The van der Waals surface area contributed by atoms with Gasteiger partial charge in [-0.1, -0.05) is 29.8 Å². The number of aromatic nitrogens is 2. The van der Waals surface area contributed by atoms with Crippen molar-refractivity contribution in [2.75, 3.05) is 48.4 Å². The Bertz CT molecular complexity index is 919. The fraction of sp³-hybridized carbons (Fsp3) is 0.304. The van der Waals surface area contributed by atoms with Crippen molar-refractivity contribution in [1.82, 2.24) is 9.97 Å². The molecule has 1 aliphatic heterocycles. The second-order valence-corrected chi connectivity index (χ2v) is 7.27. The lowest BCUT2D eigenvalue weighted by atomic mass is 10.1. The second-order valence-electron chi connectivity index (χ2n) is 7.27. The molecular weight excluding hydrogens is 362 g/mol. The van der Waals surface area contributed by atoms with Gasteiger partial charge in [-0.05, 0) is 36.8 Å². The molecule has 6 heteroatoms. The second kappa shape index (κ2) is 8.82. The summed E-state index contributed by atoms with van der Waals surface area (Å²) < 4.78 is 5.25. The lowest BCUT2D eigenvalue weighted by Gasteiger charge is -2.36. The minimum atomic E-state index is 0.752. The number of hydrogen-bond donors (Lipinski definition) is 1. The van der Waals surface area contributed by atoms with Crippen molar-refractivity contribution in [3.05, 3.63) is 72.1 Å². The van der Waals surface area contributed by atoms with Crippen LogP contribution in [0.4, 0.5) is 17.3 Å². The van der Waals surface area contributed by atoms with E-state index in [0.717, 1.165) is 50.1 Å². The molecule has 29 heavy (non-hydrogen) atoms. The molecule has 0 amide bonds. The summed E-state index contributed by atoms with van der Waals surface area (Å²) in [6.07, 6.45) is 1.64. The van der Waals surface area contributed by atoms with Crippen molar-refractivity contribution in [3.63, 3.8) is 0 Å². The van der Waals surface area contributed by atoms with Gasteiger partial charge in [-0.15, -0.1) is 0 Å². The molecule has 1 fully saturated rings. The third-order valence-electron chi connectivity index (χ3n) is 5.29. The molecule has 1 saturated heterocycles. The lowest BCUT2D eigenvalue weighted by molar-refractivity contribution is 0.415. The van der Waals surface area contributed by atoms with Crippen molar-refractivity contribution >= 4 is 17.3 Å². The average molecular weight is 390 g/mol. The summed E-state index contributed by atoms with van der Waals surface area (Å²) in [5.74, 6) is 2.72. The molecule has 3 aromatic rings. The van der Waals surface area contributed by atoms with Gasteiger partial charge in [0, 0.05) is 44.5 Å². The predicted molar refractivity (Wildman–Crippen MR) is 118 cm³/mol. The first-order chi connectivity index (χ1) is 14.2. The van der Waals surface area contributed by atoms with Gasteiger partial charge in [0.15, 0.2) is 0 Å². The molecule has 0 unspecified atom stereocenters. The van der Waals surface area contributed by atoms with E-state index in [1.165, 1.54) is 16.8 Å². The molecular formula is C23H27N5O. The van der Waals surface area contributed by atoms with Crippen molar-refractivity contribution in [2.45, 2.75) is 13.5 Å². The summed E-state index contributed by atoms with van der Waals surface area (Å²) in [5, 5.41) is 3.41. The number of piperazine rings is 1. The predicted octanol–water partition coefficient (Wildman–Crippen LogP) is 3.73. The summed E-state index contributed by atoms with van der Waals surface area (Å²) in [4.78, 5) is 13.6. The number of anilines is 3. The van der Waals surface area contributed by atoms with Crippen LogP contribution in [0, 0.1) is 6.92 Å². The first-order valence-electron chi connectivity index (χ1n) is 9.97. The average Bonchev–Trinajstić information content (AvgIpc) is 2.79. The highest BCUT2D eigenvalue weighted by Crippen LogP contribution is 2.22. The number of ether oxygens (including phenoxy) is 1.